The lowest BCUT2D eigenvalue weighted by molar-refractivity contribution is 0.602. The average molecular weight is 224 g/mol. The summed E-state index contributed by atoms with van der Waals surface area (Å²) in [6, 6.07) is 14.3. The van der Waals surface area contributed by atoms with Crippen molar-refractivity contribution in [2.75, 3.05) is 12.4 Å². The Kier molecular flexibility index (Phi) is 2.29. The molecule has 1 heterocycles. The first kappa shape index (κ1) is 9.90. The van der Waals surface area contributed by atoms with Crippen molar-refractivity contribution in [1.82, 2.24) is 4.98 Å². The third-order valence-corrected chi connectivity index (χ3v) is 2.84. The molecule has 2 aromatic carbocycles. The highest BCUT2D eigenvalue weighted by molar-refractivity contribution is 5.80. The SMILES string of the molecule is CNc1ccc(-c2ccc3ncoc3c2)cc1. The van der Waals surface area contributed by atoms with Gasteiger partial charge < -0.3 is 9.73 Å². The van der Waals surface area contributed by atoms with E-state index in [1.165, 1.54) is 12.0 Å². The Morgan fingerprint density at radius 2 is 1.76 bits per heavy atom. The summed E-state index contributed by atoms with van der Waals surface area (Å²) >= 11 is 0. The van der Waals surface area contributed by atoms with Crippen LogP contribution in [-0.2, 0) is 0 Å². The van der Waals surface area contributed by atoms with Crippen molar-refractivity contribution < 1.29 is 4.42 Å². The summed E-state index contributed by atoms with van der Waals surface area (Å²) in [6.45, 7) is 0. The number of aromatic nitrogens is 1. The standard InChI is InChI=1S/C14H12N2O/c1-15-12-5-2-10(3-6-12)11-4-7-13-14(8-11)17-9-16-13/h2-9,15H,1H3. The molecular formula is C14H12N2O. The molecule has 0 radical (unpaired) electrons. The van der Waals surface area contributed by atoms with Crippen LogP contribution in [0.15, 0.2) is 53.3 Å². The smallest absolute Gasteiger partial charge is 0.181 e. The normalized spacial score (nSPS) is 10.6. The summed E-state index contributed by atoms with van der Waals surface area (Å²) in [5, 5.41) is 3.10. The van der Waals surface area contributed by atoms with E-state index in [9.17, 15) is 0 Å². The summed E-state index contributed by atoms with van der Waals surface area (Å²) in [5.74, 6) is 0. The maximum absolute atomic E-state index is 5.30. The molecule has 1 N–H and O–H groups in total. The summed E-state index contributed by atoms with van der Waals surface area (Å²) in [5.41, 5.74) is 5.12. The maximum atomic E-state index is 5.30. The third-order valence-electron chi connectivity index (χ3n) is 2.84. The van der Waals surface area contributed by atoms with Gasteiger partial charge in [-0.1, -0.05) is 18.2 Å². The number of hydrogen-bond donors (Lipinski definition) is 1. The molecule has 0 aliphatic rings. The second-order valence-corrected chi connectivity index (χ2v) is 3.86. The van der Waals surface area contributed by atoms with E-state index < -0.39 is 0 Å². The number of benzene rings is 2. The minimum Gasteiger partial charge on any atom is -0.443 e. The van der Waals surface area contributed by atoms with Gasteiger partial charge in [-0.15, -0.1) is 0 Å². The molecule has 3 nitrogen and oxygen atoms in total. The Balaban J connectivity index is 2.06. The van der Waals surface area contributed by atoms with E-state index in [4.69, 9.17) is 4.42 Å². The molecule has 3 rings (SSSR count). The second kappa shape index (κ2) is 3.94. The van der Waals surface area contributed by atoms with Crippen LogP contribution in [0.3, 0.4) is 0 Å². The van der Waals surface area contributed by atoms with Crippen molar-refractivity contribution >= 4 is 16.8 Å². The van der Waals surface area contributed by atoms with Gasteiger partial charge in [0, 0.05) is 12.7 Å². The number of anilines is 1. The first-order valence-electron chi connectivity index (χ1n) is 5.48. The molecule has 0 atom stereocenters. The zero-order valence-corrected chi connectivity index (χ0v) is 9.47. The fourth-order valence-corrected chi connectivity index (χ4v) is 1.86. The van der Waals surface area contributed by atoms with Crippen LogP contribution in [-0.4, -0.2) is 12.0 Å². The second-order valence-electron chi connectivity index (χ2n) is 3.86. The van der Waals surface area contributed by atoms with Gasteiger partial charge in [0.15, 0.2) is 12.0 Å². The van der Waals surface area contributed by atoms with Gasteiger partial charge in [-0.25, -0.2) is 4.98 Å². The molecule has 0 spiro atoms. The first-order chi connectivity index (χ1) is 8.36. The highest BCUT2D eigenvalue weighted by atomic mass is 16.3. The van der Waals surface area contributed by atoms with E-state index in [0.29, 0.717) is 0 Å². The summed E-state index contributed by atoms with van der Waals surface area (Å²) < 4.78 is 5.30. The molecule has 0 bridgehead atoms. The van der Waals surface area contributed by atoms with Gasteiger partial charge >= 0.3 is 0 Å². The summed E-state index contributed by atoms with van der Waals surface area (Å²) in [7, 11) is 1.91. The summed E-state index contributed by atoms with van der Waals surface area (Å²) in [6.07, 6.45) is 1.47. The Morgan fingerprint density at radius 3 is 2.53 bits per heavy atom. The average Bonchev–Trinajstić information content (AvgIpc) is 2.86. The predicted molar refractivity (Wildman–Crippen MR) is 69.0 cm³/mol. The number of hydrogen-bond acceptors (Lipinski definition) is 3. The number of nitrogens with one attached hydrogen (secondary N) is 1. The van der Waals surface area contributed by atoms with Crippen LogP contribution in [0.2, 0.25) is 0 Å². The highest BCUT2D eigenvalue weighted by Gasteiger charge is 2.02. The van der Waals surface area contributed by atoms with E-state index in [1.807, 2.05) is 19.2 Å². The van der Waals surface area contributed by atoms with Gasteiger partial charge in [0.2, 0.25) is 0 Å². The zero-order valence-electron chi connectivity index (χ0n) is 9.47. The zero-order chi connectivity index (χ0) is 11.7. The van der Waals surface area contributed by atoms with Crippen molar-refractivity contribution in [3.8, 4) is 11.1 Å². The summed E-state index contributed by atoms with van der Waals surface area (Å²) in [4.78, 5) is 4.10. The lowest BCUT2D eigenvalue weighted by atomic mass is 10.1. The van der Waals surface area contributed by atoms with Crippen LogP contribution in [0.25, 0.3) is 22.2 Å². The van der Waals surface area contributed by atoms with Gasteiger partial charge in [-0.3, -0.25) is 0 Å². The molecule has 0 amide bonds. The Bertz CT molecular complexity index is 641. The largest absolute Gasteiger partial charge is 0.443 e. The highest BCUT2D eigenvalue weighted by Crippen LogP contribution is 2.24. The molecule has 0 saturated heterocycles. The van der Waals surface area contributed by atoms with E-state index in [2.05, 4.69) is 40.6 Å². The van der Waals surface area contributed by atoms with Gasteiger partial charge in [-0.2, -0.15) is 0 Å². The molecule has 3 aromatic rings. The predicted octanol–water partition coefficient (Wildman–Crippen LogP) is 3.54. The fraction of sp³-hybridized carbons (Fsp3) is 0.0714. The van der Waals surface area contributed by atoms with Crippen molar-refractivity contribution in [1.29, 1.82) is 0 Å². The lowest BCUT2D eigenvalue weighted by Crippen LogP contribution is -1.86. The molecule has 0 aliphatic heterocycles. The van der Waals surface area contributed by atoms with Crippen LogP contribution >= 0.6 is 0 Å². The molecule has 1 aromatic heterocycles. The number of fused-ring (bicyclic) bond motifs is 1. The molecule has 0 unspecified atom stereocenters. The Labute approximate surface area is 99.1 Å². The van der Waals surface area contributed by atoms with Crippen LogP contribution in [0.4, 0.5) is 5.69 Å². The van der Waals surface area contributed by atoms with Gasteiger partial charge in [0.1, 0.15) is 5.52 Å². The minimum absolute atomic E-state index is 0.820. The van der Waals surface area contributed by atoms with Crippen molar-refractivity contribution in [3.63, 3.8) is 0 Å². The van der Waals surface area contributed by atoms with Gasteiger partial charge in [0.05, 0.1) is 0 Å². The van der Waals surface area contributed by atoms with Crippen molar-refractivity contribution in [2.45, 2.75) is 0 Å². The Morgan fingerprint density at radius 1 is 1.00 bits per heavy atom. The monoisotopic (exact) mass is 224 g/mol. The molecule has 0 fully saturated rings. The molecule has 17 heavy (non-hydrogen) atoms. The molecule has 0 saturated carbocycles. The minimum atomic E-state index is 0.820. The molecular weight excluding hydrogens is 212 g/mol. The van der Waals surface area contributed by atoms with E-state index >= 15 is 0 Å². The quantitative estimate of drug-likeness (QED) is 0.723. The van der Waals surface area contributed by atoms with E-state index in [-0.39, 0.29) is 0 Å². The van der Waals surface area contributed by atoms with Crippen LogP contribution < -0.4 is 5.32 Å². The van der Waals surface area contributed by atoms with Crippen molar-refractivity contribution in [3.05, 3.63) is 48.9 Å². The molecule has 3 heteroatoms. The lowest BCUT2D eigenvalue weighted by Gasteiger charge is -2.03. The van der Waals surface area contributed by atoms with Gasteiger partial charge in [0.25, 0.3) is 0 Å². The number of nitrogens with zero attached hydrogens (tertiary/aromatic N) is 1. The van der Waals surface area contributed by atoms with E-state index in [0.717, 1.165) is 22.4 Å². The fourth-order valence-electron chi connectivity index (χ4n) is 1.86. The van der Waals surface area contributed by atoms with Crippen LogP contribution in [0.5, 0.6) is 0 Å². The Hall–Kier alpha value is -2.29. The van der Waals surface area contributed by atoms with Gasteiger partial charge in [-0.05, 0) is 35.4 Å². The van der Waals surface area contributed by atoms with Crippen LogP contribution in [0, 0.1) is 0 Å². The number of rotatable bonds is 2. The first-order valence-corrected chi connectivity index (χ1v) is 5.48. The van der Waals surface area contributed by atoms with Crippen LogP contribution in [0.1, 0.15) is 0 Å². The van der Waals surface area contributed by atoms with E-state index in [1.54, 1.807) is 0 Å². The third kappa shape index (κ3) is 1.76. The van der Waals surface area contributed by atoms with Crippen molar-refractivity contribution in [2.24, 2.45) is 0 Å². The molecule has 84 valence electrons. The maximum Gasteiger partial charge on any atom is 0.181 e. The number of oxazole rings is 1. The topological polar surface area (TPSA) is 38.1 Å². The molecule has 0 aliphatic carbocycles.